The van der Waals surface area contributed by atoms with E-state index < -0.39 is 0 Å². The Morgan fingerprint density at radius 1 is 1.29 bits per heavy atom. The molecule has 0 aliphatic carbocycles. The van der Waals surface area contributed by atoms with E-state index in [1.165, 1.54) is 4.90 Å². The van der Waals surface area contributed by atoms with Crippen molar-refractivity contribution >= 4 is 17.5 Å². The minimum Gasteiger partial charge on any atom is -0.377 e. The Kier molecular flexibility index (Phi) is 6.75. The highest BCUT2D eigenvalue weighted by Gasteiger charge is 2.17. The average Bonchev–Trinajstić information content (AvgIpc) is 3.04. The van der Waals surface area contributed by atoms with Crippen LogP contribution in [0.1, 0.15) is 24.0 Å². The highest BCUT2D eigenvalue weighted by molar-refractivity contribution is 5.95. The lowest BCUT2D eigenvalue weighted by Crippen LogP contribution is -2.41. The van der Waals surface area contributed by atoms with Crippen LogP contribution in [0.25, 0.3) is 0 Å². The quantitative estimate of drug-likeness (QED) is 0.793. The highest BCUT2D eigenvalue weighted by Crippen LogP contribution is 2.19. The van der Waals surface area contributed by atoms with E-state index in [4.69, 9.17) is 4.74 Å². The van der Waals surface area contributed by atoms with E-state index in [0.29, 0.717) is 6.54 Å². The van der Waals surface area contributed by atoms with Gasteiger partial charge in [0.15, 0.2) is 0 Å². The van der Waals surface area contributed by atoms with Crippen LogP contribution in [-0.4, -0.2) is 56.1 Å². The molecule has 1 saturated heterocycles. The second kappa shape index (κ2) is 8.80. The summed E-state index contributed by atoms with van der Waals surface area (Å²) in [4.78, 5) is 25.7. The molecule has 0 saturated carbocycles. The molecule has 24 heavy (non-hydrogen) atoms. The number of carbonyl (C=O) groups is 2. The molecule has 1 unspecified atom stereocenters. The van der Waals surface area contributed by atoms with Crippen molar-refractivity contribution < 1.29 is 14.3 Å². The Labute approximate surface area is 143 Å². The van der Waals surface area contributed by atoms with Crippen LogP contribution in [0.3, 0.4) is 0 Å². The molecule has 1 aromatic rings. The van der Waals surface area contributed by atoms with Crippen molar-refractivity contribution in [2.45, 2.75) is 32.8 Å². The van der Waals surface area contributed by atoms with Crippen LogP contribution < -0.4 is 10.6 Å². The first-order valence-corrected chi connectivity index (χ1v) is 8.39. The number of benzene rings is 1. The lowest BCUT2D eigenvalue weighted by atomic mass is 10.1. The first-order valence-electron chi connectivity index (χ1n) is 8.39. The third-order valence-electron chi connectivity index (χ3n) is 4.22. The first-order chi connectivity index (χ1) is 11.5. The number of amides is 2. The number of nitrogens with one attached hydrogen (secondary N) is 2. The topological polar surface area (TPSA) is 70.7 Å². The Morgan fingerprint density at radius 3 is 2.62 bits per heavy atom. The molecular weight excluding hydrogens is 306 g/mol. The van der Waals surface area contributed by atoms with Gasteiger partial charge in [0.25, 0.3) is 0 Å². The van der Waals surface area contributed by atoms with Crippen molar-refractivity contribution in [2.24, 2.45) is 0 Å². The molecule has 6 heteroatoms. The van der Waals surface area contributed by atoms with Crippen molar-refractivity contribution in [3.05, 3.63) is 29.3 Å². The predicted octanol–water partition coefficient (Wildman–Crippen LogP) is 1.47. The maximum atomic E-state index is 12.2. The van der Waals surface area contributed by atoms with Crippen LogP contribution in [0.4, 0.5) is 5.69 Å². The summed E-state index contributed by atoms with van der Waals surface area (Å²) in [5.41, 5.74) is 2.84. The standard InChI is InChI=1S/C18H27N3O3/c1-13-6-4-7-14(2)18(13)20-16(22)12-21(3)17(23)11-19-10-15-8-5-9-24-15/h4,6-7,15,19H,5,8-12H2,1-3H3,(H,20,22). The van der Waals surface area contributed by atoms with Gasteiger partial charge in [-0.1, -0.05) is 18.2 Å². The molecule has 1 aromatic carbocycles. The number of hydrogen-bond donors (Lipinski definition) is 2. The van der Waals surface area contributed by atoms with Crippen LogP contribution >= 0.6 is 0 Å². The van der Waals surface area contributed by atoms with E-state index in [-0.39, 0.29) is 31.0 Å². The number of aryl methyl sites for hydroxylation is 2. The lowest BCUT2D eigenvalue weighted by Gasteiger charge is -2.19. The SMILES string of the molecule is Cc1cccc(C)c1NC(=O)CN(C)C(=O)CNCC1CCCO1. The maximum Gasteiger partial charge on any atom is 0.243 e. The van der Waals surface area contributed by atoms with Crippen LogP contribution in [0.15, 0.2) is 18.2 Å². The van der Waals surface area contributed by atoms with Gasteiger partial charge in [0, 0.05) is 25.9 Å². The first kappa shape index (κ1) is 18.4. The second-order valence-corrected chi connectivity index (χ2v) is 6.33. The summed E-state index contributed by atoms with van der Waals surface area (Å²) in [6.45, 7) is 5.63. The molecule has 1 aliphatic rings. The Hall–Kier alpha value is -1.92. The Morgan fingerprint density at radius 2 is 2.00 bits per heavy atom. The molecule has 2 rings (SSSR count). The van der Waals surface area contributed by atoms with Crippen molar-refractivity contribution in [3.63, 3.8) is 0 Å². The van der Waals surface area contributed by atoms with Crippen molar-refractivity contribution in [1.82, 2.24) is 10.2 Å². The van der Waals surface area contributed by atoms with Gasteiger partial charge in [0.1, 0.15) is 0 Å². The van der Waals surface area contributed by atoms with Gasteiger partial charge in [0.05, 0.1) is 19.2 Å². The van der Waals surface area contributed by atoms with Gasteiger partial charge in [-0.05, 0) is 37.8 Å². The fraction of sp³-hybridized carbons (Fsp3) is 0.556. The molecule has 1 aliphatic heterocycles. The van der Waals surface area contributed by atoms with Gasteiger partial charge in [-0.3, -0.25) is 9.59 Å². The highest BCUT2D eigenvalue weighted by atomic mass is 16.5. The number of hydrogen-bond acceptors (Lipinski definition) is 4. The maximum absolute atomic E-state index is 12.2. The normalized spacial score (nSPS) is 16.9. The molecule has 6 nitrogen and oxygen atoms in total. The smallest absolute Gasteiger partial charge is 0.243 e. The number of rotatable bonds is 7. The van der Waals surface area contributed by atoms with Gasteiger partial charge >= 0.3 is 0 Å². The van der Waals surface area contributed by atoms with E-state index in [2.05, 4.69) is 10.6 Å². The summed E-state index contributed by atoms with van der Waals surface area (Å²) < 4.78 is 5.50. The third-order valence-corrected chi connectivity index (χ3v) is 4.22. The number of para-hydroxylation sites is 1. The number of likely N-dealkylation sites (N-methyl/N-ethyl adjacent to an activating group) is 1. The zero-order chi connectivity index (χ0) is 17.5. The van der Waals surface area contributed by atoms with E-state index >= 15 is 0 Å². The summed E-state index contributed by atoms with van der Waals surface area (Å²) in [6.07, 6.45) is 2.32. The molecule has 0 aromatic heterocycles. The van der Waals surface area contributed by atoms with Crippen LogP contribution in [-0.2, 0) is 14.3 Å². The van der Waals surface area contributed by atoms with E-state index in [9.17, 15) is 9.59 Å². The van der Waals surface area contributed by atoms with Crippen LogP contribution in [0.2, 0.25) is 0 Å². The van der Waals surface area contributed by atoms with E-state index in [1.807, 2.05) is 32.0 Å². The third kappa shape index (κ3) is 5.32. The molecule has 0 spiro atoms. The fourth-order valence-corrected chi connectivity index (χ4v) is 2.77. The van der Waals surface area contributed by atoms with Gasteiger partial charge in [-0.2, -0.15) is 0 Å². The van der Waals surface area contributed by atoms with E-state index in [1.54, 1.807) is 7.05 Å². The summed E-state index contributed by atoms with van der Waals surface area (Å²) in [5, 5.41) is 5.99. The summed E-state index contributed by atoms with van der Waals surface area (Å²) in [5.74, 6) is -0.299. The lowest BCUT2D eigenvalue weighted by molar-refractivity contribution is -0.132. The van der Waals surface area contributed by atoms with Gasteiger partial charge in [-0.25, -0.2) is 0 Å². The number of carbonyl (C=O) groups excluding carboxylic acids is 2. The number of ether oxygens (including phenoxy) is 1. The number of anilines is 1. The van der Waals surface area contributed by atoms with Gasteiger partial charge in [0.2, 0.25) is 11.8 Å². The Bertz CT molecular complexity index is 563. The largest absolute Gasteiger partial charge is 0.377 e. The summed E-state index contributed by atoms with van der Waals surface area (Å²) in [6, 6.07) is 5.86. The van der Waals surface area contributed by atoms with Gasteiger partial charge < -0.3 is 20.3 Å². The average molecular weight is 333 g/mol. The molecular formula is C18H27N3O3. The zero-order valence-corrected chi connectivity index (χ0v) is 14.7. The summed E-state index contributed by atoms with van der Waals surface area (Å²) in [7, 11) is 1.64. The fourth-order valence-electron chi connectivity index (χ4n) is 2.77. The molecule has 2 amide bonds. The molecule has 2 N–H and O–H groups in total. The minimum atomic E-state index is -0.192. The number of nitrogens with zero attached hydrogens (tertiary/aromatic N) is 1. The van der Waals surface area contributed by atoms with Crippen molar-refractivity contribution in [3.8, 4) is 0 Å². The van der Waals surface area contributed by atoms with Crippen LogP contribution in [0, 0.1) is 13.8 Å². The molecule has 1 fully saturated rings. The van der Waals surface area contributed by atoms with E-state index in [0.717, 1.165) is 36.3 Å². The van der Waals surface area contributed by atoms with Crippen molar-refractivity contribution in [2.75, 3.05) is 38.6 Å². The predicted molar refractivity (Wildman–Crippen MR) is 94.0 cm³/mol. The monoisotopic (exact) mass is 333 g/mol. The molecule has 0 bridgehead atoms. The molecule has 1 atom stereocenters. The van der Waals surface area contributed by atoms with Crippen molar-refractivity contribution in [1.29, 1.82) is 0 Å². The second-order valence-electron chi connectivity index (χ2n) is 6.33. The zero-order valence-electron chi connectivity index (χ0n) is 14.7. The molecule has 0 radical (unpaired) electrons. The minimum absolute atomic E-state index is 0.0359. The summed E-state index contributed by atoms with van der Waals surface area (Å²) >= 11 is 0. The molecule has 132 valence electrons. The Balaban J connectivity index is 1.74. The van der Waals surface area contributed by atoms with Gasteiger partial charge in [-0.15, -0.1) is 0 Å². The van der Waals surface area contributed by atoms with Crippen LogP contribution in [0.5, 0.6) is 0 Å². The molecule has 1 heterocycles.